The molecule has 0 radical (unpaired) electrons. The molecule has 3 aromatic carbocycles. The van der Waals surface area contributed by atoms with E-state index in [1.54, 1.807) is 35.9 Å². The molecule has 9 heteroatoms. The van der Waals surface area contributed by atoms with Crippen molar-refractivity contribution in [1.29, 1.82) is 0 Å². The summed E-state index contributed by atoms with van der Waals surface area (Å²) in [5.74, 6) is -0.754. The number of hydrogen-bond donors (Lipinski definition) is 2. The normalized spacial score (nSPS) is 11.3. The Hall–Kier alpha value is -3.98. The average Bonchev–Trinajstić information content (AvgIpc) is 3.18. The number of halogens is 1. The van der Waals surface area contributed by atoms with Gasteiger partial charge >= 0.3 is 0 Å². The Morgan fingerprint density at radius 2 is 1.53 bits per heavy atom. The lowest BCUT2D eigenvalue weighted by Crippen LogP contribution is -2.15. The van der Waals surface area contributed by atoms with Crippen LogP contribution in [-0.4, -0.2) is 24.1 Å². The standard InChI is InChI=1S/C25H23FN4O3S/c1-16-4-7-21(14-17(16)2)29-34(32,33)23-12-8-20(9-13-23)28-25(31)24-15-27-30(18(24)3)22-10-5-19(26)6-11-22/h4-15,29H,1-3H3,(H,28,31). The summed E-state index contributed by atoms with van der Waals surface area (Å²) < 4.78 is 42.7. The van der Waals surface area contributed by atoms with Crippen molar-refractivity contribution in [3.8, 4) is 5.69 Å². The number of anilines is 2. The Morgan fingerprint density at radius 3 is 2.18 bits per heavy atom. The Bertz CT molecular complexity index is 1460. The van der Waals surface area contributed by atoms with E-state index in [-0.39, 0.29) is 10.7 Å². The van der Waals surface area contributed by atoms with Crippen LogP contribution in [0.3, 0.4) is 0 Å². The fourth-order valence-corrected chi connectivity index (χ4v) is 4.46. The van der Waals surface area contributed by atoms with Crippen molar-refractivity contribution < 1.29 is 17.6 Å². The van der Waals surface area contributed by atoms with E-state index in [4.69, 9.17) is 0 Å². The molecule has 2 N–H and O–H groups in total. The first kappa shape index (κ1) is 23.2. The molecule has 1 amide bonds. The minimum absolute atomic E-state index is 0.0732. The van der Waals surface area contributed by atoms with Gasteiger partial charge in [0.1, 0.15) is 5.82 Å². The van der Waals surface area contributed by atoms with Crippen LogP contribution in [0, 0.1) is 26.6 Å². The second kappa shape index (κ2) is 9.11. The first-order valence-corrected chi connectivity index (χ1v) is 11.9. The van der Waals surface area contributed by atoms with Gasteiger partial charge in [-0.1, -0.05) is 6.07 Å². The van der Waals surface area contributed by atoms with Gasteiger partial charge in [-0.25, -0.2) is 17.5 Å². The summed E-state index contributed by atoms with van der Waals surface area (Å²) in [5, 5.41) is 6.97. The molecule has 0 unspecified atom stereocenters. The summed E-state index contributed by atoms with van der Waals surface area (Å²) in [4.78, 5) is 12.8. The zero-order valence-corrected chi connectivity index (χ0v) is 19.7. The number of rotatable bonds is 6. The van der Waals surface area contributed by atoms with Crippen LogP contribution in [0.1, 0.15) is 27.2 Å². The summed E-state index contributed by atoms with van der Waals surface area (Å²) in [6.07, 6.45) is 1.43. The van der Waals surface area contributed by atoms with Crippen LogP contribution in [0.25, 0.3) is 5.69 Å². The molecule has 4 aromatic rings. The predicted octanol–water partition coefficient (Wildman–Crippen LogP) is 4.99. The maximum Gasteiger partial charge on any atom is 0.261 e. The number of nitrogens with zero attached hydrogens (tertiary/aromatic N) is 2. The fourth-order valence-electron chi connectivity index (χ4n) is 3.41. The third kappa shape index (κ3) is 4.84. The highest BCUT2D eigenvalue weighted by Crippen LogP contribution is 2.21. The fraction of sp³-hybridized carbons (Fsp3) is 0.120. The monoisotopic (exact) mass is 478 g/mol. The summed E-state index contributed by atoms with van der Waals surface area (Å²) >= 11 is 0. The number of aryl methyl sites for hydroxylation is 2. The van der Waals surface area contributed by atoms with Crippen molar-refractivity contribution >= 4 is 27.3 Å². The molecule has 0 saturated heterocycles. The molecule has 0 spiro atoms. The van der Waals surface area contributed by atoms with E-state index in [1.165, 1.54) is 42.6 Å². The molecule has 0 bridgehead atoms. The largest absolute Gasteiger partial charge is 0.322 e. The molecule has 1 aromatic heterocycles. The van der Waals surface area contributed by atoms with E-state index < -0.39 is 15.9 Å². The number of benzene rings is 3. The maximum absolute atomic E-state index is 13.2. The zero-order chi connectivity index (χ0) is 24.5. The number of carbonyl (C=O) groups is 1. The van der Waals surface area contributed by atoms with Gasteiger partial charge in [0.2, 0.25) is 0 Å². The molecule has 0 aliphatic heterocycles. The second-order valence-corrected chi connectivity index (χ2v) is 9.60. The number of nitrogens with one attached hydrogen (secondary N) is 2. The summed E-state index contributed by atoms with van der Waals surface area (Å²) in [6.45, 7) is 5.60. The highest BCUT2D eigenvalue weighted by molar-refractivity contribution is 7.92. The van der Waals surface area contributed by atoms with Gasteiger partial charge in [0.25, 0.3) is 15.9 Å². The van der Waals surface area contributed by atoms with E-state index >= 15 is 0 Å². The van der Waals surface area contributed by atoms with Gasteiger partial charge in [-0.15, -0.1) is 0 Å². The van der Waals surface area contributed by atoms with Crippen LogP contribution in [0.5, 0.6) is 0 Å². The molecule has 174 valence electrons. The van der Waals surface area contributed by atoms with Crippen molar-refractivity contribution in [2.75, 3.05) is 10.0 Å². The molecule has 0 saturated carbocycles. The Balaban J connectivity index is 1.48. The van der Waals surface area contributed by atoms with Crippen molar-refractivity contribution in [2.24, 2.45) is 0 Å². The SMILES string of the molecule is Cc1ccc(NS(=O)(=O)c2ccc(NC(=O)c3cnn(-c4ccc(F)cc4)c3C)cc2)cc1C. The number of carbonyl (C=O) groups excluding carboxylic acids is 1. The van der Waals surface area contributed by atoms with E-state index in [9.17, 15) is 17.6 Å². The third-order valence-electron chi connectivity index (χ3n) is 5.51. The lowest BCUT2D eigenvalue weighted by molar-refractivity contribution is 0.102. The first-order valence-electron chi connectivity index (χ1n) is 10.5. The summed E-state index contributed by atoms with van der Waals surface area (Å²) in [5.41, 5.74) is 4.53. The van der Waals surface area contributed by atoms with Crippen LogP contribution in [0.15, 0.2) is 77.8 Å². The number of sulfonamides is 1. The molecule has 0 aliphatic carbocycles. The molecule has 7 nitrogen and oxygen atoms in total. The van der Waals surface area contributed by atoms with Crippen LogP contribution in [0.4, 0.5) is 15.8 Å². The van der Waals surface area contributed by atoms with Crippen molar-refractivity contribution in [3.05, 3.63) is 101 Å². The third-order valence-corrected chi connectivity index (χ3v) is 6.90. The highest BCUT2D eigenvalue weighted by Gasteiger charge is 2.17. The Morgan fingerprint density at radius 1 is 0.882 bits per heavy atom. The van der Waals surface area contributed by atoms with Gasteiger partial charge in [0, 0.05) is 11.4 Å². The average molecular weight is 479 g/mol. The van der Waals surface area contributed by atoms with Crippen molar-refractivity contribution in [2.45, 2.75) is 25.7 Å². The Labute approximate surface area is 197 Å². The van der Waals surface area contributed by atoms with Gasteiger partial charge in [-0.2, -0.15) is 5.10 Å². The number of amides is 1. The Kier molecular flexibility index (Phi) is 6.21. The van der Waals surface area contributed by atoms with E-state index in [0.29, 0.717) is 28.3 Å². The number of aromatic nitrogens is 2. The van der Waals surface area contributed by atoms with Gasteiger partial charge in [0.05, 0.1) is 28.0 Å². The van der Waals surface area contributed by atoms with Gasteiger partial charge in [-0.05, 0) is 92.6 Å². The van der Waals surface area contributed by atoms with Crippen LogP contribution >= 0.6 is 0 Å². The van der Waals surface area contributed by atoms with Crippen molar-refractivity contribution in [1.82, 2.24) is 9.78 Å². The molecule has 0 fully saturated rings. The molecular formula is C25H23FN4O3S. The molecule has 1 heterocycles. The first-order chi connectivity index (χ1) is 16.1. The van der Waals surface area contributed by atoms with Crippen LogP contribution in [-0.2, 0) is 10.0 Å². The lowest BCUT2D eigenvalue weighted by atomic mass is 10.1. The number of hydrogen-bond acceptors (Lipinski definition) is 4. The molecule has 0 atom stereocenters. The molecule has 4 rings (SSSR count). The van der Waals surface area contributed by atoms with Gasteiger partial charge in [-0.3, -0.25) is 9.52 Å². The topological polar surface area (TPSA) is 93.1 Å². The van der Waals surface area contributed by atoms with E-state index in [0.717, 1.165) is 11.1 Å². The second-order valence-electron chi connectivity index (χ2n) is 7.91. The summed E-state index contributed by atoms with van der Waals surface area (Å²) in [7, 11) is -3.78. The minimum atomic E-state index is -3.78. The van der Waals surface area contributed by atoms with Gasteiger partial charge < -0.3 is 5.32 Å². The lowest BCUT2D eigenvalue weighted by Gasteiger charge is -2.11. The minimum Gasteiger partial charge on any atom is -0.322 e. The smallest absolute Gasteiger partial charge is 0.261 e. The molecule has 0 aliphatic rings. The zero-order valence-electron chi connectivity index (χ0n) is 18.8. The quantitative estimate of drug-likeness (QED) is 0.408. The summed E-state index contributed by atoms with van der Waals surface area (Å²) in [6, 6.07) is 17.0. The highest BCUT2D eigenvalue weighted by atomic mass is 32.2. The van der Waals surface area contributed by atoms with E-state index in [2.05, 4.69) is 15.1 Å². The molecule has 34 heavy (non-hydrogen) atoms. The van der Waals surface area contributed by atoms with Crippen molar-refractivity contribution in [3.63, 3.8) is 0 Å². The maximum atomic E-state index is 13.2. The van der Waals surface area contributed by atoms with Crippen LogP contribution in [0.2, 0.25) is 0 Å². The van der Waals surface area contributed by atoms with Gasteiger partial charge in [0.15, 0.2) is 0 Å². The molecular weight excluding hydrogens is 455 g/mol. The van der Waals surface area contributed by atoms with Crippen LogP contribution < -0.4 is 10.0 Å². The predicted molar refractivity (Wildman–Crippen MR) is 129 cm³/mol. The van der Waals surface area contributed by atoms with E-state index in [1.807, 2.05) is 19.9 Å².